The van der Waals surface area contributed by atoms with Crippen molar-refractivity contribution in [2.45, 2.75) is 10.9 Å². The zero-order valence-corrected chi connectivity index (χ0v) is 9.00. The van der Waals surface area contributed by atoms with Crippen molar-refractivity contribution in [1.29, 1.82) is 0 Å². The number of hydrogen-bond donors (Lipinski definition) is 1. The van der Waals surface area contributed by atoms with Gasteiger partial charge in [-0.1, -0.05) is 48.7 Å². The van der Waals surface area contributed by atoms with Gasteiger partial charge in [-0.25, -0.2) is 4.98 Å². The average Bonchev–Trinajstić information content (AvgIpc) is 2.80. The van der Waals surface area contributed by atoms with Crippen LogP contribution in [-0.4, -0.2) is 15.2 Å². The Hall–Kier alpha value is -1.55. The highest BCUT2D eigenvalue weighted by atomic mass is 32.2. The molecule has 0 aliphatic carbocycles. The lowest BCUT2D eigenvalue weighted by Gasteiger charge is -1.99. The Morgan fingerprint density at radius 2 is 2.13 bits per heavy atom. The topological polar surface area (TPSA) is 41.6 Å². The van der Waals surface area contributed by atoms with Gasteiger partial charge in [0.1, 0.15) is 6.33 Å². The average molecular weight is 217 g/mol. The van der Waals surface area contributed by atoms with E-state index in [2.05, 4.69) is 46.0 Å². The van der Waals surface area contributed by atoms with Crippen LogP contribution < -0.4 is 0 Å². The maximum absolute atomic E-state index is 4.05. The van der Waals surface area contributed by atoms with Gasteiger partial charge in [-0.2, -0.15) is 0 Å². The van der Waals surface area contributed by atoms with Crippen molar-refractivity contribution in [2.75, 3.05) is 0 Å². The molecule has 1 aromatic carbocycles. The standard InChI is InChI=1S/C11H11N3S/c1-2-9-3-5-10(6-4-9)7-15-11-12-8-13-14-11/h2-6,8H,1,7H2,(H,12,13,14). The molecule has 1 N–H and O–H groups in total. The van der Waals surface area contributed by atoms with Gasteiger partial charge < -0.3 is 0 Å². The minimum absolute atomic E-state index is 0.780. The zero-order valence-electron chi connectivity index (χ0n) is 8.18. The summed E-state index contributed by atoms with van der Waals surface area (Å²) in [6, 6.07) is 8.30. The van der Waals surface area contributed by atoms with Gasteiger partial charge in [-0.05, 0) is 11.1 Å². The van der Waals surface area contributed by atoms with Crippen molar-refractivity contribution in [3.05, 3.63) is 48.3 Å². The van der Waals surface area contributed by atoms with Crippen LogP contribution in [0.25, 0.3) is 6.08 Å². The SMILES string of the molecule is C=Cc1ccc(CSc2nc[nH]n2)cc1. The molecule has 1 aromatic heterocycles. The Morgan fingerprint density at radius 1 is 1.33 bits per heavy atom. The Morgan fingerprint density at radius 3 is 2.73 bits per heavy atom. The van der Waals surface area contributed by atoms with E-state index in [0.717, 1.165) is 16.5 Å². The Balaban J connectivity index is 1.96. The summed E-state index contributed by atoms with van der Waals surface area (Å²) in [4.78, 5) is 4.05. The summed E-state index contributed by atoms with van der Waals surface area (Å²) in [6.45, 7) is 3.72. The van der Waals surface area contributed by atoms with E-state index in [0.29, 0.717) is 0 Å². The summed E-state index contributed by atoms with van der Waals surface area (Å²) in [7, 11) is 0. The fraction of sp³-hybridized carbons (Fsp3) is 0.0909. The van der Waals surface area contributed by atoms with Crippen molar-refractivity contribution in [3.8, 4) is 0 Å². The smallest absolute Gasteiger partial charge is 0.208 e. The molecule has 4 heteroatoms. The van der Waals surface area contributed by atoms with Crippen LogP contribution in [0.15, 0.2) is 42.3 Å². The molecule has 0 aliphatic heterocycles. The number of benzene rings is 1. The van der Waals surface area contributed by atoms with Crippen molar-refractivity contribution in [3.63, 3.8) is 0 Å². The second-order valence-electron chi connectivity index (χ2n) is 3.02. The molecule has 0 aliphatic rings. The predicted octanol–water partition coefficient (Wildman–Crippen LogP) is 2.74. The summed E-state index contributed by atoms with van der Waals surface area (Å²) in [5, 5.41) is 7.45. The van der Waals surface area contributed by atoms with Crippen LogP contribution in [0.5, 0.6) is 0 Å². The van der Waals surface area contributed by atoms with Gasteiger partial charge in [0, 0.05) is 5.75 Å². The lowest BCUT2D eigenvalue weighted by molar-refractivity contribution is 0.973. The third kappa shape index (κ3) is 2.70. The van der Waals surface area contributed by atoms with Crippen LogP contribution in [0.2, 0.25) is 0 Å². The molecule has 0 saturated carbocycles. The summed E-state index contributed by atoms with van der Waals surface area (Å²) < 4.78 is 0. The Bertz CT molecular complexity index is 420. The molecule has 0 fully saturated rings. The first-order valence-corrected chi connectivity index (χ1v) is 5.57. The first-order valence-electron chi connectivity index (χ1n) is 4.58. The third-order valence-corrected chi connectivity index (χ3v) is 2.91. The van der Waals surface area contributed by atoms with Crippen LogP contribution in [-0.2, 0) is 5.75 Å². The van der Waals surface area contributed by atoms with Gasteiger partial charge in [0.05, 0.1) is 0 Å². The van der Waals surface area contributed by atoms with E-state index >= 15 is 0 Å². The molecule has 0 saturated heterocycles. The lowest BCUT2D eigenvalue weighted by Crippen LogP contribution is -1.82. The first kappa shape index (κ1) is 9.98. The summed E-state index contributed by atoms with van der Waals surface area (Å²) >= 11 is 1.61. The molecular weight excluding hydrogens is 206 g/mol. The maximum atomic E-state index is 4.05. The largest absolute Gasteiger partial charge is 0.265 e. The normalized spacial score (nSPS) is 10.1. The number of H-pyrrole nitrogens is 1. The Labute approximate surface area is 92.6 Å². The van der Waals surface area contributed by atoms with E-state index in [1.807, 2.05) is 6.08 Å². The summed E-state index contributed by atoms with van der Waals surface area (Å²) in [5.41, 5.74) is 2.40. The molecule has 76 valence electrons. The zero-order chi connectivity index (χ0) is 10.5. The van der Waals surface area contributed by atoms with Crippen molar-refractivity contribution >= 4 is 17.8 Å². The molecule has 1 heterocycles. The van der Waals surface area contributed by atoms with Gasteiger partial charge in [-0.3, -0.25) is 5.10 Å². The first-order chi connectivity index (χ1) is 7.38. The van der Waals surface area contributed by atoms with E-state index in [-0.39, 0.29) is 0 Å². The van der Waals surface area contributed by atoms with Gasteiger partial charge >= 0.3 is 0 Å². The van der Waals surface area contributed by atoms with E-state index in [9.17, 15) is 0 Å². The lowest BCUT2D eigenvalue weighted by atomic mass is 10.1. The third-order valence-electron chi connectivity index (χ3n) is 1.98. The number of aromatic amines is 1. The fourth-order valence-corrected chi connectivity index (χ4v) is 1.90. The molecule has 0 unspecified atom stereocenters. The quantitative estimate of drug-likeness (QED) is 0.801. The summed E-state index contributed by atoms with van der Waals surface area (Å²) in [5.74, 6) is 0.884. The van der Waals surface area contributed by atoms with Gasteiger partial charge in [0.2, 0.25) is 5.16 Å². The predicted molar refractivity (Wildman–Crippen MR) is 62.5 cm³/mol. The van der Waals surface area contributed by atoms with Gasteiger partial charge in [0.15, 0.2) is 0 Å². The van der Waals surface area contributed by atoms with Gasteiger partial charge in [0.25, 0.3) is 0 Å². The monoisotopic (exact) mass is 217 g/mol. The number of thioether (sulfide) groups is 1. The number of nitrogens with zero attached hydrogens (tertiary/aromatic N) is 2. The number of rotatable bonds is 4. The second kappa shape index (κ2) is 4.79. The van der Waals surface area contributed by atoms with E-state index < -0.39 is 0 Å². The molecule has 0 radical (unpaired) electrons. The number of nitrogens with one attached hydrogen (secondary N) is 1. The van der Waals surface area contributed by atoms with Crippen molar-refractivity contribution < 1.29 is 0 Å². The highest BCUT2D eigenvalue weighted by Crippen LogP contribution is 2.18. The molecule has 0 atom stereocenters. The molecular formula is C11H11N3S. The molecule has 0 spiro atoms. The maximum Gasteiger partial charge on any atom is 0.208 e. The van der Waals surface area contributed by atoms with E-state index in [1.165, 1.54) is 5.56 Å². The van der Waals surface area contributed by atoms with Crippen LogP contribution >= 0.6 is 11.8 Å². The Kier molecular flexibility index (Phi) is 3.19. The summed E-state index contributed by atoms with van der Waals surface area (Å²) in [6.07, 6.45) is 3.43. The van der Waals surface area contributed by atoms with E-state index in [4.69, 9.17) is 0 Å². The molecule has 2 aromatic rings. The molecule has 0 bridgehead atoms. The fourth-order valence-electron chi connectivity index (χ4n) is 1.16. The number of hydrogen-bond acceptors (Lipinski definition) is 3. The molecule has 2 rings (SSSR count). The molecule has 15 heavy (non-hydrogen) atoms. The van der Waals surface area contributed by atoms with Crippen molar-refractivity contribution in [2.24, 2.45) is 0 Å². The van der Waals surface area contributed by atoms with E-state index in [1.54, 1.807) is 18.1 Å². The highest BCUT2D eigenvalue weighted by Gasteiger charge is 1.98. The van der Waals surface area contributed by atoms with Crippen LogP contribution in [0, 0.1) is 0 Å². The second-order valence-corrected chi connectivity index (χ2v) is 3.96. The van der Waals surface area contributed by atoms with Gasteiger partial charge in [-0.15, -0.1) is 5.10 Å². The minimum Gasteiger partial charge on any atom is -0.265 e. The minimum atomic E-state index is 0.780. The molecule has 3 nitrogen and oxygen atoms in total. The van der Waals surface area contributed by atoms with Crippen molar-refractivity contribution in [1.82, 2.24) is 15.2 Å². The number of aromatic nitrogens is 3. The van der Waals surface area contributed by atoms with Crippen LogP contribution in [0.3, 0.4) is 0 Å². The van der Waals surface area contributed by atoms with Crippen LogP contribution in [0.4, 0.5) is 0 Å². The molecule has 0 amide bonds. The highest BCUT2D eigenvalue weighted by molar-refractivity contribution is 7.98. The van der Waals surface area contributed by atoms with Crippen LogP contribution in [0.1, 0.15) is 11.1 Å².